The van der Waals surface area contributed by atoms with Gasteiger partial charge in [-0.3, -0.25) is 19.6 Å². The van der Waals surface area contributed by atoms with E-state index in [2.05, 4.69) is 10.4 Å². The summed E-state index contributed by atoms with van der Waals surface area (Å²) in [5.41, 5.74) is -1.17. The van der Waals surface area contributed by atoms with Gasteiger partial charge in [-0.15, -0.1) is 0 Å². The van der Waals surface area contributed by atoms with Gasteiger partial charge in [-0.2, -0.15) is 22.6 Å². The highest BCUT2D eigenvalue weighted by molar-refractivity contribution is 7.89. The summed E-state index contributed by atoms with van der Waals surface area (Å²) in [5.74, 6) is -0.667. The lowest BCUT2D eigenvalue weighted by atomic mass is 9.97. The van der Waals surface area contributed by atoms with Gasteiger partial charge >= 0.3 is 6.18 Å². The largest absolute Gasteiger partial charge is 0.436 e. The van der Waals surface area contributed by atoms with Gasteiger partial charge in [-0.25, -0.2) is 8.42 Å². The SMILES string of the molecule is Cc1c(Cl)c(C(F)(F)F)nn1CCCNC(=O)C1CCN(S(=O)(=O)c2ccc([N+](=O)[O-])cc2)CC1. The number of non-ortho nitro benzene ring substituents is 1. The number of amides is 1. The number of rotatable bonds is 8. The van der Waals surface area contributed by atoms with Crippen molar-refractivity contribution >= 4 is 33.2 Å². The number of aryl methyl sites for hydroxylation is 1. The number of carbonyl (C=O) groups excluding carboxylic acids is 1. The zero-order chi connectivity index (χ0) is 26.0. The van der Waals surface area contributed by atoms with E-state index < -0.39 is 37.8 Å². The molecule has 192 valence electrons. The third-order valence-electron chi connectivity index (χ3n) is 5.76. The van der Waals surface area contributed by atoms with Crippen molar-refractivity contribution in [1.82, 2.24) is 19.4 Å². The number of nitro benzene ring substituents is 1. The van der Waals surface area contributed by atoms with E-state index >= 15 is 0 Å². The third kappa shape index (κ3) is 6.11. The van der Waals surface area contributed by atoms with Gasteiger partial charge in [0, 0.05) is 44.2 Å². The van der Waals surface area contributed by atoms with Crippen molar-refractivity contribution < 1.29 is 31.3 Å². The Morgan fingerprint density at radius 3 is 2.37 bits per heavy atom. The summed E-state index contributed by atoms with van der Waals surface area (Å²) in [5, 5.41) is 16.5. The lowest BCUT2D eigenvalue weighted by Gasteiger charge is -2.30. The number of carbonyl (C=O) groups is 1. The maximum Gasteiger partial charge on any atom is 0.436 e. The van der Waals surface area contributed by atoms with Crippen LogP contribution in [-0.4, -0.2) is 53.0 Å². The first-order valence-corrected chi connectivity index (χ1v) is 12.5. The Hall–Kier alpha value is -2.71. The van der Waals surface area contributed by atoms with Crippen LogP contribution in [0.15, 0.2) is 29.2 Å². The van der Waals surface area contributed by atoms with Crippen LogP contribution in [0.4, 0.5) is 18.9 Å². The Labute approximate surface area is 204 Å². The number of benzene rings is 1. The predicted octanol–water partition coefficient (Wildman–Crippen LogP) is 3.38. The molecule has 0 saturated carbocycles. The Morgan fingerprint density at radius 1 is 1.26 bits per heavy atom. The number of alkyl halides is 3. The molecule has 1 aromatic carbocycles. The van der Waals surface area contributed by atoms with E-state index in [9.17, 15) is 36.5 Å². The number of aromatic nitrogens is 2. The number of sulfonamides is 1. The van der Waals surface area contributed by atoms with E-state index in [1.807, 2.05) is 0 Å². The standard InChI is InChI=1S/C20H23ClF3N5O5S/c1-13-17(21)18(20(22,23)24)26-28(13)10-2-9-25-19(30)14-7-11-27(12-8-14)35(33,34)16-5-3-15(4-6-16)29(31)32/h3-6,14H,2,7-12H2,1H3,(H,25,30). The van der Waals surface area contributed by atoms with Crippen LogP contribution in [0.5, 0.6) is 0 Å². The first kappa shape index (κ1) is 26.9. The van der Waals surface area contributed by atoms with Gasteiger partial charge in [0.1, 0.15) is 0 Å². The molecule has 35 heavy (non-hydrogen) atoms. The van der Waals surface area contributed by atoms with Crippen molar-refractivity contribution in [2.75, 3.05) is 19.6 Å². The lowest BCUT2D eigenvalue weighted by Crippen LogP contribution is -2.43. The molecule has 1 aliphatic heterocycles. The molecule has 1 fully saturated rings. The summed E-state index contributed by atoms with van der Waals surface area (Å²) < 4.78 is 66.6. The van der Waals surface area contributed by atoms with E-state index in [4.69, 9.17) is 11.6 Å². The monoisotopic (exact) mass is 537 g/mol. The maximum absolute atomic E-state index is 12.9. The fourth-order valence-corrected chi connectivity index (χ4v) is 5.47. The van der Waals surface area contributed by atoms with Crippen LogP contribution in [0.1, 0.15) is 30.7 Å². The van der Waals surface area contributed by atoms with Crippen molar-refractivity contribution in [1.29, 1.82) is 0 Å². The summed E-state index contributed by atoms with van der Waals surface area (Å²) in [7, 11) is -3.84. The number of hydrogen-bond donors (Lipinski definition) is 1. The zero-order valence-corrected chi connectivity index (χ0v) is 20.2. The van der Waals surface area contributed by atoms with Gasteiger partial charge < -0.3 is 5.32 Å². The number of nitrogens with one attached hydrogen (secondary N) is 1. The first-order valence-electron chi connectivity index (χ1n) is 10.6. The average molecular weight is 538 g/mol. The van der Waals surface area contributed by atoms with Crippen LogP contribution in [0, 0.1) is 23.0 Å². The average Bonchev–Trinajstić information content (AvgIpc) is 3.10. The molecule has 0 bridgehead atoms. The summed E-state index contributed by atoms with van der Waals surface area (Å²) in [6.07, 6.45) is -3.74. The van der Waals surface area contributed by atoms with Gasteiger partial charge in [0.2, 0.25) is 15.9 Å². The predicted molar refractivity (Wildman–Crippen MR) is 119 cm³/mol. The summed E-state index contributed by atoms with van der Waals surface area (Å²) in [6, 6.07) is 4.60. The Kier molecular flexibility index (Phi) is 8.07. The summed E-state index contributed by atoms with van der Waals surface area (Å²) in [6.45, 7) is 2.00. The van der Waals surface area contributed by atoms with Crippen molar-refractivity contribution in [3.63, 3.8) is 0 Å². The van der Waals surface area contributed by atoms with E-state index in [0.717, 1.165) is 16.8 Å². The Balaban J connectivity index is 1.47. The molecule has 1 aliphatic rings. The molecule has 2 aromatic rings. The molecule has 0 spiro atoms. The molecular formula is C20H23ClF3N5O5S. The van der Waals surface area contributed by atoms with Gasteiger partial charge in [-0.05, 0) is 38.3 Å². The highest BCUT2D eigenvalue weighted by Crippen LogP contribution is 2.35. The van der Waals surface area contributed by atoms with Gasteiger partial charge in [0.25, 0.3) is 5.69 Å². The highest BCUT2D eigenvalue weighted by atomic mass is 35.5. The fraction of sp³-hybridized carbons (Fsp3) is 0.500. The number of nitrogens with zero attached hydrogens (tertiary/aromatic N) is 4. The van der Waals surface area contributed by atoms with E-state index in [1.165, 1.54) is 23.4 Å². The van der Waals surface area contributed by atoms with Gasteiger partial charge in [0.15, 0.2) is 5.69 Å². The first-order chi connectivity index (χ1) is 16.3. The molecule has 1 N–H and O–H groups in total. The summed E-state index contributed by atoms with van der Waals surface area (Å²) in [4.78, 5) is 22.5. The number of halogens is 4. The van der Waals surface area contributed by atoms with E-state index in [0.29, 0.717) is 19.3 Å². The number of hydrogen-bond acceptors (Lipinski definition) is 6. The molecular weight excluding hydrogens is 515 g/mol. The van der Waals surface area contributed by atoms with Crippen LogP contribution in [0.2, 0.25) is 5.02 Å². The molecule has 1 aromatic heterocycles. The maximum atomic E-state index is 12.9. The van der Waals surface area contributed by atoms with E-state index in [1.54, 1.807) is 0 Å². The highest BCUT2D eigenvalue weighted by Gasteiger charge is 2.38. The fourth-order valence-electron chi connectivity index (χ4n) is 3.76. The smallest absolute Gasteiger partial charge is 0.356 e. The van der Waals surface area contributed by atoms with Crippen LogP contribution in [0.25, 0.3) is 0 Å². The molecule has 1 amide bonds. The quantitative estimate of drug-likeness (QED) is 0.312. The van der Waals surface area contributed by atoms with Gasteiger partial charge in [-0.1, -0.05) is 11.6 Å². The minimum atomic E-state index is -4.65. The number of nitro groups is 1. The number of piperidine rings is 1. The zero-order valence-electron chi connectivity index (χ0n) is 18.6. The Morgan fingerprint density at radius 2 is 1.86 bits per heavy atom. The van der Waals surface area contributed by atoms with Crippen LogP contribution >= 0.6 is 11.6 Å². The van der Waals surface area contributed by atoms with Gasteiger partial charge in [0.05, 0.1) is 20.5 Å². The molecule has 2 heterocycles. The summed E-state index contributed by atoms with van der Waals surface area (Å²) >= 11 is 5.72. The molecule has 0 radical (unpaired) electrons. The normalized spacial score (nSPS) is 15.8. The second kappa shape index (κ2) is 10.5. The molecule has 3 rings (SSSR count). The lowest BCUT2D eigenvalue weighted by molar-refractivity contribution is -0.384. The second-order valence-corrected chi connectivity index (χ2v) is 10.4. The third-order valence-corrected chi connectivity index (χ3v) is 8.12. The van der Waals surface area contributed by atoms with Crippen molar-refractivity contribution in [2.24, 2.45) is 5.92 Å². The molecule has 1 saturated heterocycles. The topological polar surface area (TPSA) is 127 Å². The van der Waals surface area contributed by atoms with Crippen LogP contribution in [-0.2, 0) is 27.5 Å². The van der Waals surface area contributed by atoms with E-state index in [-0.39, 0.29) is 48.4 Å². The van der Waals surface area contributed by atoms with Crippen LogP contribution in [0.3, 0.4) is 0 Å². The minimum absolute atomic E-state index is 0.0614. The molecule has 0 atom stereocenters. The molecule has 0 aliphatic carbocycles. The molecule has 10 nitrogen and oxygen atoms in total. The Bertz CT molecular complexity index is 1190. The minimum Gasteiger partial charge on any atom is -0.356 e. The molecule has 15 heteroatoms. The van der Waals surface area contributed by atoms with Crippen molar-refractivity contribution in [3.8, 4) is 0 Å². The second-order valence-electron chi connectivity index (χ2n) is 8.04. The van der Waals surface area contributed by atoms with Crippen molar-refractivity contribution in [3.05, 3.63) is 50.8 Å². The van der Waals surface area contributed by atoms with Crippen LogP contribution < -0.4 is 5.32 Å². The molecule has 0 unspecified atom stereocenters. The van der Waals surface area contributed by atoms with Crippen molar-refractivity contribution in [2.45, 2.75) is 43.8 Å².